The smallest absolute Gasteiger partial charge is 0.362 e. The van der Waals surface area contributed by atoms with Crippen molar-refractivity contribution in [1.29, 1.82) is 0 Å². The fourth-order valence-corrected chi connectivity index (χ4v) is 5.93. The number of quaternary nitrogens is 1. The first-order chi connectivity index (χ1) is 18.2. The molecule has 7 heteroatoms. The number of rotatable bonds is 26. The van der Waals surface area contributed by atoms with Crippen LogP contribution in [0, 0.1) is 0 Å². The number of carbonyl (C=O) groups is 3. The lowest BCUT2D eigenvalue weighted by atomic mass is 9.91. The van der Waals surface area contributed by atoms with Crippen LogP contribution in [0.5, 0.6) is 0 Å². The van der Waals surface area contributed by atoms with Gasteiger partial charge < -0.3 is 15.3 Å². The average molecular weight is 541 g/mol. The van der Waals surface area contributed by atoms with E-state index in [0.717, 1.165) is 19.3 Å². The van der Waals surface area contributed by atoms with Gasteiger partial charge in [0.2, 0.25) is 0 Å². The predicted molar refractivity (Wildman–Crippen MR) is 154 cm³/mol. The van der Waals surface area contributed by atoms with Crippen LogP contribution in [0.15, 0.2) is 12.2 Å². The Morgan fingerprint density at radius 2 is 0.868 bits per heavy atom. The molecule has 3 unspecified atom stereocenters. The van der Waals surface area contributed by atoms with Gasteiger partial charge in [-0.25, -0.2) is 14.4 Å². The van der Waals surface area contributed by atoms with Crippen molar-refractivity contribution in [3.8, 4) is 0 Å². The van der Waals surface area contributed by atoms with Crippen molar-refractivity contribution in [1.82, 2.24) is 0 Å². The Balaban J connectivity index is 5.41. The molecule has 0 amide bonds. The quantitative estimate of drug-likeness (QED) is 0.0586. The van der Waals surface area contributed by atoms with Crippen molar-refractivity contribution in [2.75, 3.05) is 6.54 Å². The van der Waals surface area contributed by atoms with Gasteiger partial charge in [-0.2, -0.15) is 0 Å². The molecule has 0 radical (unpaired) electrons. The second-order valence-electron chi connectivity index (χ2n) is 10.9. The number of unbranched alkanes of at least 4 members (excludes halogenated alkanes) is 10. The number of hydrogen-bond acceptors (Lipinski definition) is 3. The van der Waals surface area contributed by atoms with E-state index >= 15 is 0 Å². The Morgan fingerprint density at radius 1 is 0.526 bits per heavy atom. The van der Waals surface area contributed by atoms with Crippen molar-refractivity contribution >= 4 is 17.9 Å². The lowest BCUT2D eigenvalue weighted by Crippen LogP contribution is -2.72. The molecule has 0 spiro atoms. The zero-order chi connectivity index (χ0) is 28.8. The minimum absolute atomic E-state index is 0.247. The summed E-state index contributed by atoms with van der Waals surface area (Å²) in [7, 11) is 0. The molecule has 0 aliphatic heterocycles. The molecule has 3 atom stereocenters. The molecule has 38 heavy (non-hydrogen) atoms. The van der Waals surface area contributed by atoms with Gasteiger partial charge in [-0.1, -0.05) is 84.8 Å². The summed E-state index contributed by atoms with van der Waals surface area (Å²) < 4.78 is -0.391. The van der Waals surface area contributed by atoms with Crippen LogP contribution < -0.4 is 0 Å². The van der Waals surface area contributed by atoms with E-state index in [-0.39, 0.29) is 25.8 Å². The number of carboxylic acid groups (broad SMARTS) is 3. The average Bonchev–Trinajstić information content (AvgIpc) is 2.87. The first-order valence-electron chi connectivity index (χ1n) is 15.4. The van der Waals surface area contributed by atoms with Gasteiger partial charge in [0.05, 0.1) is 6.54 Å². The maximum Gasteiger partial charge on any atom is 0.362 e. The highest BCUT2D eigenvalue weighted by molar-refractivity contribution is 5.78. The Kier molecular flexibility index (Phi) is 20.9. The molecule has 3 N–H and O–H groups in total. The summed E-state index contributed by atoms with van der Waals surface area (Å²) in [4.78, 5) is 37.6. The van der Waals surface area contributed by atoms with E-state index in [1.807, 2.05) is 20.8 Å². The monoisotopic (exact) mass is 540 g/mol. The molecule has 0 saturated heterocycles. The second-order valence-corrected chi connectivity index (χ2v) is 10.9. The van der Waals surface area contributed by atoms with Crippen LogP contribution >= 0.6 is 0 Å². The third kappa shape index (κ3) is 12.8. The highest BCUT2D eigenvalue weighted by Crippen LogP contribution is 2.34. The maximum absolute atomic E-state index is 12.5. The van der Waals surface area contributed by atoms with Crippen molar-refractivity contribution in [2.45, 2.75) is 161 Å². The first kappa shape index (κ1) is 36.1. The molecule has 0 aromatic carbocycles. The van der Waals surface area contributed by atoms with Crippen LogP contribution in [0.2, 0.25) is 0 Å². The van der Waals surface area contributed by atoms with Crippen molar-refractivity contribution < 1.29 is 34.2 Å². The van der Waals surface area contributed by atoms with Gasteiger partial charge in [0, 0.05) is 19.3 Å². The summed E-state index contributed by atoms with van der Waals surface area (Å²) in [5.74, 6) is -3.29. The molecule has 222 valence electrons. The summed E-state index contributed by atoms with van der Waals surface area (Å²) in [6.45, 7) is 8.09. The minimum Gasteiger partial charge on any atom is -0.477 e. The van der Waals surface area contributed by atoms with Crippen molar-refractivity contribution in [2.24, 2.45) is 0 Å². The van der Waals surface area contributed by atoms with Crippen LogP contribution in [-0.4, -0.2) is 62.4 Å². The fourth-order valence-electron chi connectivity index (χ4n) is 5.93. The van der Waals surface area contributed by atoms with E-state index in [0.29, 0.717) is 25.7 Å². The van der Waals surface area contributed by atoms with E-state index in [2.05, 4.69) is 19.1 Å². The van der Waals surface area contributed by atoms with E-state index < -0.39 is 40.5 Å². The third-order valence-electron chi connectivity index (χ3n) is 7.84. The first-order valence-corrected chi connectivity index (χ1v) is 15.4. The van der Waals surface area contributed by atoms with Crippen LogP contribution in [-0.2, 0) is 14.4 Å². The summed E-state index contributed by atoms with van der Waals surface area (Å²) in [5, 5.41) is 30.7. The number of nitrogens with zero attached hydrogens (tertiary/aromatic N) is 1. The van der Waals surface area contributed by atoms with Gasteiger partial charge in [-0.05, 0) is 51.4 Å². The Labute approximate surface area is 232 Å². The van der Waals surface area contributed by atoms with Crippen LogP contribution in [0.4, 0.5) is 0 Å². The second kappa shape index (κ2) is 22.0. The van der Waals surface area contributed by atoms with E-state index in [9.17, 15) is 29.7 Å². The summed E-state index contributed by atoms with van der Waals surface area (Å²) in [5.41, 5.74) is 0. The molecule has 0 aromatic heterocycles. The highest BCUT2D eigenvalue weighted by Gasteiger charge is 2.56. The Morgan fingerprint density at radius 3 is 1.21 bits per heavy atom. The number of aliphatic carboxylic acids is 3. The van der Waals surface area contributed by atoms with Crippen LogP contribution in [0.25, 0.3) is 0 Å². The fraction of sp³-hybridized carbons (Fsp3) is 0.839. The van der Waals surface area contributed by atoms with Gasteiger partial charge >= 0.3 is 17.9 Å². The standard InChI is InChI=1S/C31H57NO6/c1-5-9-10-11-12-13-14-15-16-17-18-19-20-21-25-32(26(22-6-2)29(33)34,27(23-7-3)30(35)36)28(24-8-4)31(37)38/h17-18,26-28H,5-16,19-25H2,1-4H3,(H2-,33,34,35,36,37,38)/p+1/b18-17+. The van der Waals surface area contributed by atoms with Gasteiger partial charge in [0.25, 0.3) is 0 Å². The maximum atomic E-state index is 12.5. The minimum atomic E-state index is -1.10. The highest BCUT2D eigenvalue weighted by atomic mass is 16.4. The molecule has 0 bridgehead atoms. The molecule has 7 nitrogen and oxygen atoms in total. The molecule has 0 fully saturated rings. The molecule has 0 rings (SSSR count). The normalized spacial score (nSPS) is 15.7. The van der Waals surface area contributed by atoms with E-state index in [1.165, 1.54) is 51.4 Å². The summed E-state index contributed by atoms with van der Waals surface area (Å²) in [6, 6.07) is -3.17. The summed E-state index contributed by atoms with van der Waals surface area (Å²) in [6.07, 6.45) is 20.4. The molecule has 0 heterocycles. The van der Waals surface area contributed by atoms with E-state index in [4.69, 9.17) is 0 Å². The lowest BCUT2D eigenvalue weighted by Gasteiger charge is -2.50. The van der Waals surface area contributed by atoms with Crippen molar-refractivity contribution in [3.63, 3.8) is 0 Å². The SMILES string of the molecule is CCCCCCCCCC/C=C/CCCC[N+](C(CCC)C(=O)O)(C(CCC)C(=O)O)C(CCC)C(=O)O. The molecule has 0 aliphatic carbocycles. The molecule has 0 aromatic rings. The lowest BCUT2D eigenvalue weighted by molar-refractivity contribution is -0.973. The molecular formula is C31H58NO6+. The zero-order valence-electron chi connectivity index (χ0n) is 24.8. The number of hydrogen-bond donors (Lipinski definition) is 3. The number of allylic oxidation sites excluding steroid dienone is 2. The van der Waals surface area contributed by atoms with Crippen LogP contribution in [0.1, 0.15) is 143 Å². The van der Waals surface area contributed by atoms with Gasteiger partial charge in [0.1, 0.15) is 0 Å². The Bertz CT molecular complexity index is 617. The zero-order valence-corrected chi connectivity index (χ0v) is 24.8. The topological polar surface area (TPSA) is 112 Å². The number of carboxylic acids is 3. The third-order valence-corrected chi connectivity index (χ3v) is 7.84. The van der Waals surface area contributed by atoms with Crippen molar-refractivity contribution in [3.05, 3.63) is 12.2 Å². The van der Waals surface area contributed by atoms with Gasteiger partial charge in [-0.15, -0.1) is 0 Å². The molecular weight excluding hydrogens is 482 g/mol. The van der Waals surface area contributed by atoms with Gasteiger partial charge in [0.15, 0.2) is 18.1 Å². The predicted octanol–water partition coefficient (Wildman–Crippen LogP) is 7.82. The molecule has 0 saturated carbocycles. The Hall–Kier alpha value is -1.89. The van der Waals surface area contributed by atoms with Gasteiger partial charge in [-0.3, -0.25) is 4.48 Å². The largest absolute Gasteiger partial charge is 0.477 e. The van der Waals surface area contributed by atoms with E-state index in [1.54, 1.807) is 0 Å². The van der Waals surface area contributed by atoms with Crippen LogP contribution in [0.3, 0.4) is 0 Å². The molecule has 0 aliphatic rings. The summed E-state index contributed by atoms with van der Waals surface area (Å²) >= 11 is 0.